The second-order valence-corrected chi connectivity index (χ2v) is 13.4. The number of hydrogen-bond acceptors (Lipinski definition) is 9. The van der Waals surface area contributed by atoms with Crippen LogP contribution < -0.4 is 0 Å². The van der Waals surface area contributed by atoms with Gasteiger partial charge in [0.25, 0.3) is 0 Å². The van der Waals surface area contributed by atoms with Gasteiger partial charge >= 0.3 is 5.97 Å². The third kappa shape index (κ3) is 24.3. The summed E-state index contributed by atoms with van der Waals surface area (Å²) in [6.45, 7) is 4.27. The van der Waals surface area contributed by atoms with Crippen molar-refractivity contribution in [3.05, 3.63) is 36.5 Å². The first kappa shape index (κ1) is 45.4. The van der Waals surface area contributed by atoms with Gasteiger partial charge in [0.15, 0.2) is 6.29 Å². The molecule has 9 heteroatoms. The van der Waals surface area contributed by atoms with Gasteiger partial charge in [0.1, 0.15) is 30.5 Å². The van der Waals surface area contributed by atoms with Crippen molar-refractivity contribution in [1.29, 1.82) is 0 Å². The molecular weight excluding hydrogens is 624 g/mol. The van der Waals surface area contributed by atoms with Crippen LogP contribution in [0.15, 0.2) is 36.5 Å². The van der Waals surface area contributed by atoms with Crippen molar-refractivity contribution in [2.24, 2.45) is 0 Å². The van der Waals surface area contributed by atoms with Crippen molar-refractivity contribution in [2.45, 2.75) is 185 Å². The molecule has 49 heavy (non-hydrogen) atoms. The van der Waals surface area contributed by atoms with Crippen molar-refractivity contribution in [1.82, 2.24) is 0 Å². The Morgan fingerprint density at radius 3 is 1.76 bits per heavy atom. The molecule has 0 aromatic heterocycles. The van der Waals surface area contributed by atoms with Gasteiger partial charge in [0.05, 0.1) is 19.8 Å². The van der Waals surface area contributed by atoms with Crippen LogP contribution >= 0.6 is 0 Å². The zero-order valence-corrected chi connectivity index (χ0v) is 30.9. The summed E-state index contributed by atoms with van der Waals surface area (Å²) < 4.78 is 22.3. The zero-order valence-electron chi connectivity index (χ0n) is 30.9. The molecule has 4 N–H and O–H groups in total. The Kier molecular flexibility index (Phi) is 30.0. The fourth-order valence-corrected chi connectivity index (χ4v) is 5.65. The molecule has 6 atom stereocenters. The smallest absolute Gasteiger partial charge is 0.306 e. The number of hydrogen-bond donors (Lipinski definition) is 4. The van der Waals surface area contributed by atoms with Crippen molar-refractivity contribution < 1.29 is 44.2 Å². The number of carbonyl (C=O) groups excluding carboxylic acids is 1. The predicted molar refractivity (Wildman–Crippen MR) is 196 cm³/mol. The Bertz CT molecular complexity index is 844. The highest BCUT2D eigenvalue weighted by molar-refractivity contribution is 5.69. The molecule has 1 aliphatic heterocycles. The van der Waals surface area contributed by atoms with Crippen LogP contribution in [0.1, 0.15) is 149 Å². The third-order valence-electron chi connectivity index (χ3n) is 8.81. The van der Waals surface area contributed by atoms with Gasteiger partial charge in [0.2, 0.25) is 0 Å². The van der Waals surface area contributed by atoms with E-state index in [1.807, 2.05) is 6.92 Å². The SMILES string of the molecule is CCCCCCC/C=C\C/C=C\C/C=C\CCCCCCCCCCCOCC(COC1OC(CO)C(O)C(O)C1O)OC(=O)CCCC. The van der Waals surface area contributed by atoms with Crippen LogP contribution in [0.5, 0.6) is 0 Å². The number of aliphatic hydroxyl groups is 4. The first-order chi connectivity index (χ1) is 23.9. The van der Waals surface area contributed by atoms with E-state index in [1.165, 1.54) is 89.9 Å². The maximum absolute atomic E-state index is 12.2. The van der Waals surface area contributed by atoms with Crippen LogP contribution in [0.3, 0.4) is 0 Å². The van der Waals surface area contributed by atoms with E-state index in [9.17, 15) is 25.2 Å². The number of carbonyl (C=O) groups is 1. The predicted octanol–water partition coefficient (Wildman–Crippen LogP) is 7.63. The van der Waals surface area contributed by atoms with E-state index in [-0.39, 0.29) is 19.2 Å². The van der Waals surface area contributed by atoms with Crippen molar-refractivity contribution in [3.63, 3.8) is 0 Å². The second kappa shape index (κ2) is 32.3. The fourth-order valence-electron chi connectivity index (χ4n) is 5.65. The quantitative estimate of drug-likeness (QED) is 0.0318. The lowest BCUT2D eigenvalue weighted by atomic mass is 9.99. The Balaban J connectivity index is 2.07. The molecule has 0 aliphatic carbocycles. The van der Waals surface area contributed by atoms with E-state index in [2.05, 4.69) is 43.4 Å². The molecule has 0 spiro atoms. The maximum Gasteiger partial charge on any atom is 0.306 e. The maximum atomic E-state index is 12.2. The van der Waals surface area contributed by atoms with Crippen LogP contribution in [0, 0.1) is 0 Å². The fraction of sp³-hybridized carbons (Fsp3) is 0.825. The van der Waals surface area contributed by atoms with E-state index >= 15 is 0 Å². The lowest BCUT2D eigenvalue weighted by molar-refractivity contribution is -0.305. The number of esters is 1. The van der Waals surface area contributed by atoms with Gasteiger partial charge in [-0.25, -0.2) is 0 Å². The van der Waals surface area contributed by atoms with Crippen molar-refractivity contribution >= 4 is 5.97 Å². The molecule has 0 aromatic carbocycles. The Morgan fingerprint density at radius 2 is 1.18 bits per heavy atom. The number of unbranched alkanes of at least 4 members (excludes halogenated alkanes) is 15. The molecule has 1 fully saturated rings. The van der Waals surface area contributed by atoms with Gasteiger partial charge in [-0.15, -0.1) is 0 Å². The summed E-state index contributed by atoms with van der Waals surface area (Å²) >= 11 is 0. The van der Waals surface area contributed by atoms with Gasteiger partial charge in [-0.2, -0.15) is 0 Å². The van der Waals surface area contributed by atoms with Gasteiger partial charge < -0.3 is 39.4 Å². The summed E-state index contributed by atoms with van der Waals surface area (Å²) in [4.78, 5) is 12.2. The number of rotatable bonds is 32. The van der Waals surface area contributed by atoms with Crippen molar-refractivity contribution in [3.8, 4) is 0 Å². The zero-order chi connectivity index (χ0) is 35.8. The first-order valence-corrected chi connectivity index (χ1v) is 19.6. The lowest BCUT2D eigenvalue weighted by Crippen LogP contribution is -2.59. The van der Waals surface area contributed by atoms with E-state index < -0.39 is 43.4 Å². The summed E-state index contributed by atoms with van der Waals surface area (Å²) in [7, 11) is 0. The summed E-state index contributed by atoms with van der Waals surface area (Å²) in [5.41, 5.74) is 0. The second-order valence-electron chi connectivity index (χ2n) is 13.4. The third-order valence-corrected chi connectivity index (χ3v) is 8.81. The van der Waals surface area contributed by atoms with Crippen LogP contribution in [-0.2, 0) is 23.7 Å². The molecular formula is C40H72O9. The molecule has 9 nitrogen and oxygen atoms in total. The molecule has 6 unspecified atom stereocenters. The van der Waals surface area contributed by atoms with Crippen LogP contribution in [0.4, 0.5) is 0 Å². The van der Waals surface area contributed by atoms with Crippen LogP contribution in [0.2, 0.25) is 0 Å². The summed E-state index contributed by atoms with van der Waals surface area (Å²) in [6, 6.07) is 0. The first-order valence-electron chi connectivity index (χ1n) is 19.6. The van der Waals surface area contributed by atoms with Gasteiger partial charge in [-0.3, -0.25) is 4.79 Å². The van der Waals surface area contributed by atoms with E-state index in [1.54, 1.807) is 0 Å². The van der Waals surface area contributed by atoms with E-state index in [4.69, 9.17) is 18.9 Å². The molecule has 1 rings (SSSR count). The lowest BCUT2D eigenvalue weighted by Gasteiger charge is -2.39. The minimum Gasteiger partial charge on any atom is -0.457 e. The molecule has 0 bridgehead atoms. The minimum absolute atomic E-state index is 0.119. The topological polar surface area (TPSA) is 135 Å². The molecule has 1 heterocycles. The van der Waals surface area contributed by atoms with Crippen LogP contribution in [-0.4, -0.2) is 89.6 Å². The van der Waals surface area contributed by atoms with Crippen molar-refractivity contribution in [2.75, 3.05) is 26.4 Å². The van der Waals surface area contributed by atoms with Gasteiger partial charge in [-0.05, 0) is 51.4 Å². The highest BCUT2D eigenvalue weighted by Gasteiger charge is 2.44. The van der Waals surface area contributed by atoms with Crippen LogP contribution in [0.25, 0.3) is 0 Å². The Labute approximate surface area is 298 Å². The number of allylic oxidation sites excluding steroid dienone is 6. The number of ether oxygens (including phenoxy) is 4. The average molecular weight is 697 g/mol. The summed E-state index contributed by atoms with van der Waals surface area (Å²) in [5.74, 6) is -0.352. The molecule has 0 saturated carbocycles. The van der Waals surface area contributed by atoms with E-state index in [0.29, 0.717) is 19.4 Å². The summed E-state index contributed by atoms with van der Waals surface area (Å²) in [6.07, 6.45) is 30.1. The molecule has 286 valence electrons. The molecule has 1 aliphatic rings. The molecule has 0 amide bonds. The minimum atomic E-state index is -1.53. The Hall–Kier alpha value is -1.59. The van der Waals surface area contributed by atoms with Gasteiger partial charge in [-0.1, -0.05) is 127 Å². The Morgan fingerprint density at radius 1 is 0.653 bits per heavy atom. The summed E-state index contributed by atoms with van der Waals surface area (Å²) in [5, 5.41) is 39.6. The average Bonchev–Trinajstić information content (AvgIpc) is 3.10. The molecule has 0 aromatic rings. The standard InChI is InChI=1S/C40H72O9/c1-3-5-7-8-9-10-11-12-13-14-15-16-17-18-19-20-21-22-23-24-25-26-27-28-30-46-32-34(48-36(42)29-6-4-2)33-47-40-39(45)38(44)37(43)35(31-41)49-40/h11-12,14-15,17-18,34-35,37-41,43-45H,3-10,13,16,19-33H2,1-2H3/b12-11-,15-14-,18-17-. The molecule has 1 saturated heterocycles. The largest absolute Gasteiger partial charge is 0.457 e. The van der Waals surface area contributed by atoms with E-state index in [0.717, 1.165) is 32.1 Å². The normalized spacial score (nSPS) is 22.1. The highest BCUT2D eigenvalue weighted by atomic mass is 16.7. The van der Waals surface area contributed by atoms with Gasteiger partial charge in [0, 0.05) is 13.0 Å². The molecule has 0 radical (unpaired) electrons. The highest BCUT2D eigenvalue weighted by Crippen LogP contribution is 2.22. The number of aliphatic hydroxyl groups excluding tert-OH is 4. The monoisotopic (exact) mass is 697 g/mol.